The van der Waals surface area contributed by atoms with E-state index in [2.05, 4.69) is 15.5 Å². The predicted molar refractivity (Wildman–Crippen MR) is 102 cm³/mol. The second kappa shape index (κ2) is 7.07. The van der Waals surface area contributed by atoms with E-state index in [0.29, 0.717) is 16.9 Å². The molecule has 0 saturated heterocycles. The Labute approximate surface area is 159 Å². The first-order valence-corrected chi connectivity index (χ1v) is 8.58. The van der Waals surface area contributed by atoms with Crippen LogP contribution in [0.25, 0.3) is 16.8 Å². The highest BCUT2D eigenvalue weighted by Crippen LogP contribution is 2.18. The van der Waals surface area contributed by atoms with Crippen LogP contribution in [0.15, 0.2) is 65.7 Å². The van der Waals surface area contributed by atoms with Crippen molar-refractivity contribution < 1.29 is 9.18 Å². The number of amides is 1. The van der Waals surface area contributed by atoms with Gasteiger partial charge in [-0.2, -0.15) is 10.2 Å². The van der Waals surface area contributed by atoms with Gasteiger partial charge >= 0.3 is 0 Å². The summed E-state index contributed by atoms with van der Waals surface area (Å²) < 4.78 is 15.5. The van der Waals surface area contributed by atoms with Crippen molar-refractivity contribution in [3.63, 3.8) is 0 Å². The molecule has 1 amide bonds. The second-order valence-electron chi connectivity index (χ2n) is 6.32. The third-order valence-corrected chi connectivity index (χ3v) is 4.34. The summed E-state index contributed by atoms with van der Waals surface area (Å²) in [6.45, 7) is 1.66. The number of anilines is 1. The van der Waals surface area contributed by atoms with Crippen LogP contribution >= 0.6 is 0 Å². The fourth-order valence-electron chi connectivity index (χ4n) is 2.85. The second-order valence-corrected chi connectivity index (χ2v) is 6.32. The van der Waals surface area contributed by atoms with Gasteiger partial charge in [0.2, 0.25) is 5.91 Å². The van der Waals surface area contributed by atoms with Gasteiger partial charge in [-0.3, -0.25) is 9.59 Å². The van der Waals surface area contributed by atoms with Gasteiger partial charge < -0.3 is 5.32 Å². The Balaban J connectivity index is 1.61. The van der Waals surface area contributed by atoms with Gasteiger partial charge in [-0.05, 0) is 48.9 Å². The predicted octanol–water partition coefficient (Wildman–Crippen LogP) is 2.64. The molecular formula is C20H16FN5O2. The van der Waals surface area contributed by atoms with Gasteiger partial charge in [0, 0.05) is 11.3 Å². The van der Waals surface area contributed by atoms with Crippen molar-refractivity contribution in [2.24, 2.45) is 0 Å². The fraction of sp³-hybridized carbons (Fsp3) is 0.100. The van der Waals surface area contributed by atoms with E-state index in [4.69, 9.17) is 0 Å². The van der Waals surface area contributed by atoms with Crippen LogP contribution < -0.4 is 10.9 Å². The number of rotatable bonds is 4. The number of para-hydroxylation sites is 1. The maximum atomic E-state index is 13.1. The van der Waals surface area contributed by atoms with Gasteiger partial charge in [-0.15, -0.1) is 0 Å². The zero-order valence-electron chi connectivity index (χ0n) is 15.0. The van der Waals surface area contributed by atoms with E-state index in [1.807, 2.05) is 25.1 Å². The van der Waals surface area contributed by atoms with Gasteiger partial charge in [0.05, 0.1) is 5.69 Å². The van der Waals surface area contributed by atoms with Crippen molar-refractivity contribution in [3.8, 4) is 11.3 Å². The molecule has 0 bridgehead atoms. The summed E-state index contributed by atoms with van der Waals surface area (Å²) in [6, 6.07) is 14.8. The lowest BCUT2D eigenvalue weighted by molar-refractivity contribution is -0.117. The van der Waals surface area contributed by atoms with E-state index in [0.717, 1.165) is 10.2 Å². The van der Waals surface area contributed by atoms with Gasteiger partial charge in [0.25, 0.3) is 5.56 Å². The number of carbonyl (C=O) groups is 1. The lowest BCUT2D eigenvalue weighted by Crippen LogP contribution is -2.30. The number of fused-ring (bicyclic) bond motifs is 1. The van der Waals surface area contributed by atoms with Crippen molar-refractivity contribution in [2.45, 2.75) is 13.5 Å². The summed E-state index contributed by atoms with van der Waals surface area (Å²) in [5, 5.41) is 11.1. The standard InChI is InChI=1S/C20H16FN5O2/c1-13-4-2-3-5-16(13)23-19(27)11-25-20(28)18-10-17(24-26(18)12-22-25)14-6-8-15(21)9-7-14/h2-10,12H,11H2,1H3,(H,23,27). The Morgan fingerprint density at radius 3 is 2.64 bits per heavy atom. The number of nitrogens with zero attached hydrogens (tertiary/aromatic N) is 4. The first kappa shape index (κ1) is 17.6. The summed E-state index contributed by atoms with van der Waals surface area (Å²) in [6.07, 6.45) is 1.37. The van der Waals surface area contributed by atoms with Crippen LogP contribution in [-0.4, -0.2) is 25.3 Å². The summed E-state index contributed by atoms with van der Waals surface area (Å²) in [5.74, 6) is -0.706. The molecule has 2 aromatic heterocycles. The van der Waals surface area contributed by atoms with Crippen LogP contribution in [0.1, 0.15) is 5.56 Å². The first-order valence-electron chi connectivity index (χ1n) is 8.58. The largest absolute Gasteiger partial charge is 0.324 e. The molecule has 0 spiro atoms. The molecule has 0 fully saturated rings. The molecule has 0 aliphatic carbocycles. The summed E-state index contributed by atoms with van der Waals surface area (Å²) in [7, 11) is 0. The molecule has 4 rings (SSSR count). The minimum atomic E-state index is -0.441. The zero-order chi connectivity index (χ0) is 19.7. The summed E-state index contributed by atoms with van der Waals surface area (Å²) in [5.41, 5.74) is 2.63. The minimum Gasteiger partial charge on any atom is -0.324 e. The maximum absolute atomic E-state index is 13.1. The number of carbonyl (C=O) groups excluding carboxylic acids is 1. The van der Waals surface area contributed by atoms with Crippen molar-refractivity contribution in [3.05, 3.63) is 82.7 Å². The number of benzene rings is 2. The molecule has 0 saturated carbocycles. The molecule has 0 aliphatic rings. The van der Waals surface area contributed by atoms with E-state index >= 15 is 0 Å². The van der Waals surface area contributed by atoms with Crippen molar-refractivity contribution in [1.82, 2.24) is 19.4 Å². The highest BCUT2D eigenvalue weighted by molar-refractivity contribution is 5.91. The van der Waals surface area contributed by atoms with Crippen LogP contribution in [-0.2, 0) is 11.3 Å². The Bertz CT molecular complexity index is 1230. The third-order valence-electron chi connectivity index (χ3n) is 4.34. The van der Waals surface area contributed by atoms with E-state index in [1.165, 1.54) is 23.0 Å². The van der Waals surface area contributed by atoms with E-state index in [-0.39, 0.29) is 23.8 Å². The highest BCUT2D eigenvalue weighted by Gasteiger charge is 2.13. The average molecular weight is 377 g/mol. The fourth-order valence-corrected chi connectivity index (χ4v) is 2.85. The quantitative estimate of drug-likeness (QED) is 0.593. The van der Waals surface area contributed by atoms with Crippen molar-refractivity contribution in [1.29, 1.82) is 0 Å². The van der Waals surface area contributed by atoms with Crippen LogP contribution in [0.5, 0.6) is 0 Å². The SMILES string of the molecule is Cc1ccccc1NC(=O)Cn1ncn2nc(-c3ccc(F)cc3)cc2c1=O. The zero-order valence-corrected chi connectivity index (χ0v) is 15.0. The lowest BCUT2D eigenvalue weighted by Gasteiger charge is -2.08. The van der Waals surface area contributed by atoms with Crippen molar-refractivity contribution in [2.75, 3.05) is 5.32 Å². The topological polar surface area (TPSA) is 81.3 Å². The molecular weight excluding hydrogens is 361 g/mol. The van der Waals surface area contributed by atoms with Crippen LogP contribution in [0.4, 0.5) is 10.1 Å². The lowest BCUT2D eigenvalue weighted by atomic mass is 10.1. The maximum Gasteiger partial charge on any atom is 0.293 e. The van der Waals surface area contributed by atoms with E-state index in [1.54, 1.807) is 24.3 Å². The molecule has 2 aromatic carbocycles. The Kier molecular flexibility index (Phi) is 4.44. The highest BCUT2D eigenvalue weighted by atomic mass is 19.1. The number of halogens is 1. The number of aromatic nitrogens is 4. The molecule has 0 aliphatic heterocycles. The number of hydrogen-bond acceptors (Lipinski definition) is 4. The minimum absolute atomic E-state index is 0.221. The molecule has 7 nitrogen and oxygen atoms in total. The van der Waals surface area contributed by atoms with Gasteiger partial charge in [-0.1, -0.05) is 18.2 Å². The molecule has 2 heterocycles. The van der Waals surface area contributed by atoms with E-state index in [9.17, 15) is 14.0 Å². The molecule has 1 N–H and O–H groups in total. The average Bonchev–Trinajstić information content (AvgIpc) is 3.12. The smallest absolute Gasteiger partial charge is 0.293 e. The molecule has 8 heteroatoms. The first-order chi connectivity index (χ1) is 13.5. The normalized spacial score (nSPS) is 10.9. The monoisotopic (exact) mass is 377 g/mol. The third kappa shape index (κ3) is 3.39. The summed E-state index contributed by atoms with van der Waals surface area (Å²) in [4.78, 5) is 25.0. The van der Waals surface area contributed by atoms with Crippen LogP contribution in [0.3, 0.4) is 0 Å². The molecule has 0 atom stereocenters. The molecule has 140 valence electrons. The summed E-state index contributed by atoms with van der Waals surface area (Å²) >= 11 is 0. The van der Waals surface area contributed by atoms with Gasteiger partial charge in [0.1, 0.15) is 24.2 Å². The Morgan fingerprint density at radius 2 is 1.89 bits per heavy atom. The van der Waals surface area contributed by atoms with Gasteiger partial charge in [-0.25, -0.2) is 13.6 Å². The Morgan fingerprint density at radius 1 is 1.14 bits per heavy atom. The molecule has 4 aromatic rings. The van der Waals surface area contributed by atoms with Crippen LogP contribution in [0, 0.1) is 12.7 Å². The number of hydrogen-bond donors (Lipinski definition) is 1. The van der Waals surface area contributed by atoms with E-state index < -0.39 is 5.56 Å². The van der Waals surface area contributed by atoms with Crippen molar-refractivity contribution >= 4 is 17.1 Å². The number of nitrogens with one attached hydrogen (secondary N) is 1. The molecule has 0 radical (unpaired) electrons. The van der Waals surface area contributed by atoms with Gasteiger partial charge in [0.15, 0.2) is 0 Å². The van der Waals surface area contributed by atoms with Crippen LogP contribution in [0.2, 0.25) is 0 Å². The molecule has 28 heavy (non-hydrogen) atoms. The molecule has 0 unspecified atom stereocenters. The number of aryl methyl sites for hydroxylation is 1. The Hall–Kier alpha value is -3.81.